The van der Waals surface area contributed by atoms with Crippen molar-refractivity contribution in [3.05, 3.63) is 65.6 Å². The molecule has 2 aromatic carbocycles. The zero-order valence-electron chi connectivity index (χ0n) is 16.1. The normalized spacial score (nSPS) is 16.3. The predicted molar refractivity (Wildman–Crippen MR) is 103 cm³/mol. The number of hydrogen-bond acceptors (Lipinski definition) is 5. The van der Waals surface area contributed by atoms with Crippen LogP contribution in [0.1, 0.15) is 35.1 Å². The van der Waals surface area contributed by atoms with Crippen molar-refractivity contribution in [2.45, 2.75) is 18.9 Å². The molecule has 0 saturated carbocycles. The zero-order valence-corrected chi connectivity index (χ0v) is 16.1. The molecule has 0 bridgehead atoms. The van der Waals surface area contributed by atoms with Crippen LogP contribution in [0.25, 0.3) is 11.4 Å². The number of carbonyl (C=O) groups is 1. The van der Waals surface area contributed by atoms with Gasteiger partial charge in [-0.1, -0.05) is 5.16 Å². The van der Waals surface area contributed by atoms with Crippen molar-refractivity contribution in [3.63, 3.8) is 0 Å². The first kappa shape index (κ1) is 19.0. The quantitative estimate of drug-likeness (QED) is 0.663. The topological polar surface area (TPSA) is 62.5 Å². The van der Waals surface area contributed by atoms with Crippen molar-refractivity contribution in [1.82, 2.24) is 15.0 Å². The van der Waals surface area contributed by atoms with Gasteiger partial charge in [0.25, 0.3) is 5.91 Å². The predicted octanol–water partition coefficient (Wildman–Crippen LogP) is 4.06. The summed E-state index contributed by atoms with van der Waals surface area (Å²) >= 11 is 0. The molecule has 150 valence electrons. The van der Waals surface area contributed by atoms with Crippen LogP contribution in [0.3, 0.4) is 0 Å². The van der Waals surface area contributed by atoms with Crippen LogP contribution in [0.4, 0.5) is 14.5 Å². The Kier molecular flexibility index (Phi) is 5.00. The Morgan fingerprint density at radius 1 is 1.17 bits per heavy atom. The van der Waals surface area contributed by atoms with E-state index in [0.717, 1.165) is 24.2 Å². The summed E-state index contributed by atoms with van der Waals surface area (Å²) in [5.41, 5.74) is 1.63. The molecule has 0 aliphatic carbocycles. The molecule has 29 heavy (non-hydrogen) atoms. The molecule has 3 aromatic rings. The fourth-order valence-electron chi connectivity index (χ4n) is 3.49. The van der Waals surface area contributed by atoms with Crippen molar-refractivity contribution in [3.8, 4) is 11.4 Å². The second-order valence-electron chi connectivity index (χ2n) is 7.18. The van der Waals surface area contributed by atoms with Gasteiger partial charge in [-0.3, -0.25) is 4.79 Å². The summed E-state index contributed by atoms with van der Waals surface area (Å²) in [7, 11) is 3.87. The summed E-state index contributed by atoms with van der Waals surface area (Å²) < 4.78 is 32.5. The van der Waals surface area contributed by atoms with Crippen molar-refractivity contribution >= 4 is 11.6 Å². The van der Waals surface area contributed by atoms with Crippen molar-refractivity contribution in [2.75, 3.05) is 25.5 Å². The Morgan fingerprint density at radius 2 is 1.93 bits per heavy atom. The Morgan fingerprint density at radius 3 is 2.62 bits per heavy atom. The molecule has 0 spiro atoms. The van der Waals surface area contributed by atoms with E-state index >= 15 is 0 Å². The number of anilines is 1. The lowest BCUT2D eigenvalue weighted by molar-refractivity contribution is 0.0710. The Labute approximate surface area is 166 Å². The average molecular weight is 398 g/mol. The summed E-state index contributed by atoms with van der Waals surface area (Å²) in [5, 5.41) is 3.83. The van der Waals surface area contributed by atoms with Crippen LogP contribution in [0, 0.1) is 11.6 Å². The minimum Gasteiger partial charge on any atom is -0.378 e. The molecule has 1 saturated heterocycles. The molecule has 6 nitrogen and oxygen atoms in total. The summed E-state index contributed by atoms with van der Waals surface area (Å²) in [5.74, 6) is -1.28. The van der Waals surface area contributed by atoms with Crippen molar-refractivity contribution in [2.24, 2.45) is 0 Å². The SMILES string of the molecule is CN(C)c1ccc(C(=O)N2CCC[C@@H]2c2nc(-c3ccc(F)cc3F)no2)cc1. The van der Waals surface area contributed by atoms with Crippen LogP contribution in [0.5, 0.6) is 0 Å². The molecule has 8 heteroatoms. The molecular weight excluding hydrogens is 378 g/mol. The number of rotatable bonds is 4. The lowest BCUT2D eigenvalue weighted by atomic mass is 10.1. The van der Waals surface area contributed by atoms with E-state index in [1.807, 2.05) is 31.1 Å². The highest BCUT2D eigenvalue weighted by Gasteiger charge is 2.34. The molecule has 0 N–H and O–H groups in total. The van der Waals surface area contributed by atoms with E-state index in [1.165, 1.54) is 6.07 Å². The van der Waals surface area contributed by atoms with E-state index in [0.29, 0.717) is 18.5 Å². The summed E-state index contributed by atoms with van der Waals surface area (Å²) in [6.45, 7) is 0.571. The number of likely N-dealkylation sites (tertiary alicyclic amines) is 1. The molecule has 1 fully saturated rings. The number of benzene rings is 2. The molecule has 0 radical (unpaired) electrons. The van der Waals surface area contributed by atoms with Gasteiger partial charge in [0.05, 0.1) is 5.56 Å². The van der Waals surface area contributed by atoms with Crippen molar-refractivity contribution < 1.29 is 18.1 Å². The highest BCUT2D eigenvalue weighted by Crippen LogP contribution is 2.33. The molecule has 1 amide bonds. The van der Waals surface area contributed by atoms with Gasteiger partial charge in [-0.2, -0.15) is 4.98 Å². The second kappa shape index (κ2) is 7.62. The third kappa shape index (κ3) is 3.70. The Balaban J connectivity index is 1.57. The van der Waals surface area contributed by atoms with Crippen molar-refractivity contribution in [1.29, 1.82) is 0 Å². The van der Waals surface area contributed by atoms with Crippen LogP contribution in [-0.2, 0) is 0 Å². The fourth-order valence-corrected chi connectivity index (χ4v) is 3.49. The minimum absolute atomic E-state index is 0.0344. The average Bonchev–Trinajstić information content (AvgIpc) is 3.37. The highest BCUT2D eigenvalue weighted by molar-refractivity contribution is 5.95. The van der Waals surface area contributed by atoms with Gasteiger partial charge in [0.1, 0.15) is 17.7 Å². The third-order valence-corrected chi connectivity index (χ3v) is 5.04. The van der Waals surface area contributed by atoms with Gasteiger partial charge < -0.3 is 14.3 Å². The maximum Gasteiger partial charge on any atom is 0.254 e. The maximum atomic E-state index is 14.0. The van der Waals surface area contributed by atoms with Gasteiger partial charge in [-0.05, 0) is 49.2 Å². The number of amides is 1. The molecule has 1 atom stereocenters. The Hall–Kier alpha value is -3.29. The minimum atomic E-state index is -0.766. The second-order valence-corrected chi connectivity index (χ2v) is 7.18. The van der Waals surface area contributed by atoms with Gasteiger partial charge in [-0.25, -0.2) is 8.78 Å². The lowest BCUT2D eigenvalue weighted by Gasteiger charge is -2.22. The first-order valence-corrected chi connectivity index (χ1v) is 9.31. The number of halogens is 2. The fraction of sp³-hybridized carbons (Fsp3) is 0.286. The molecule has 1 aliphatic rings. The first-order valence-electron chi connectivity index (χ1n) is 9.31. The molecular formula is C21H20F2N4O2. The van der Waals surface area contributed by atoms with E-state index in [9.17, 15) is 13.6 Å². The standard InChI is InChI=1S/C21H20F2N4O2/c1-26(2)15-8-5-13(6-9-15)21(28)27-11-3-4-18(27)20-24-19(25-29-20)16-10-7-14(22)12-17(16)23/h5-10,12,18H,3-4,11H2,1-2H3/t18-/m1/s1. The van der Waals surface area contributed by atoms with E-state index < -0.39 is 11.6 Å². The van der Waals surface area contributed by atoms with Gasteiger partial charge >= 0.3 is 0 Å². The highest BCUT2D eigenvalue weighted by atomic mass is 19.1. The van der Waals surface area contributed by atoms with E-state index in [2.05, 4.69) is 10.1 Å². The number of carbonyl (C=O) groups excluding carboxylic acids is 1. The smallest absolute Gasteiger partial charge is 0.254 e. The van der Waals surface area contributed by atoms with Crippen LogP contribution < -0.4 is 4.90 Å². The molecule has 0 unspecified atom stereocenters. The molecule has 1 aliphatic heterocycles. The number of aromatic nitrogens is 2. The maximum absolute atomic E-state index is 14.0. The largest absolute Gasteiger partial charge is 0.378 e. The van der Waals surface area contributed by atoms with E-state index in [1.54, 1.807) is 17.0 Å². The van der Waals surface area contributed by atoms with E-state index in [4.69, 9.17) is 4.52 Å². The van der Waals surface area contributed by atoms with Crippen LogP contribution in [0.15, 0.2) is 47.0 Å². The monoisotopic (exact) mass is 398 g/mol. The number of nitrogens with zero attached hydrogens (tertiary/aromatic N) is 4. The lowest BCUT2D eigenvalue weighted by Crippen LogP contribution is -2.30. The van der Waals surface area contributed by atoms with Gasteiger partial charge in [0, 0.05) is 38.0 Å². The third-order valence-electron chi connectivity index (χ3n) is 5.04. The van der Waals surface area contributed by atoms with Crippen LogP contribution in [-0.4, -0.2) is 41.6 Å². The zero-order chi connectivity index (χ0) is 20.5. The summed E-state index contributed by atoms with van der Waals surface area (Å²) in [6.07, 6.45) is 1.48. The van der Waals surface area contributed by atoms with Gasteiger partial charge in [0.15, 0.2) is 0 Å². The summed E-state index contributed by atoms with van der Waals surface area (Å²) in [4.78, 5) is 20.9. The summed E-state index contributed by atoms with van der Waals surface area (Å²) in [6, 6.07) is 10.2. The van der Waals surface area contributed by atoms with Gasteiger partial charge in [0.2, 0.25) is 11.7 Å². The Bertz CT molecular complexity index is 1030. The van der Waals surface area contributed by atoms with E-state index in [-0.39, 0.29) is 29.2 Å². The molecule has 2 heterocycles. The van der Waals surface area contributed by atoms with Gasteiger partial charge in [-0.15, -0.1) is 0 Å². The molecule has 4 rings (SSSR count). The molecule has 1 aromatic heterocycles. The first-order chi connectivity index (χ1) is 13.9. The van der Waals surface area contributed by atoms with Crippen LogP contribution in [0.2, 0.25) is 0 Å². The number of hydrogen-bond donors (Lipinski definition) is 0. The van der Waals surface area contributed by atoms with Crippen LogP contribution >= 0.6 is 0 Å².